The van der Waals surface area contributed by atoms with Gasteiger partial charge in [-0.2, -0.15) is 0 Å². The van der Waals surface area contributed by atoms with Crippen LogP contribution in [0.1, 0.15) is 22.7 Å². The number of nitrogens with two attached hydrogens (primary N) is 1. The normalized spacial score (nSPS) is 16.3. The molecular formula is C16H17FN2. The van der Waals surface area contributed by atoms with Crippen LogP contribution in [-0.2, 0) is 13.1 Å². The zero-order chi connectivity index (χ0) is 13.2. The van der Waals surface area contributed by atoms with E-state index in [9.17, 15) is 4.39 Å². The number of hydrogen-bond donors (Lipinski definition) is 1. The number of benzene rings is 2. The fraction of sp³-hybridized carbons (Fsp3) is 0.250. The van der Waals surface area contributed by atoms with Crippen LogP contribution in [0.4, 0.5) is 4.39 Å². The van der Waals surface area contributed by atoms with E-state index in [0.29, 0.717) is 0 Å². The maximum absolute atomic E-state index is 12.9. The van der Waals surface area contributed by atoms with Gasteiger partial charge in [-0.15, -0.1) is 0 Å². The van der Waals surface area contributed by atoms with Crippen molar-refractivity contribution in [2.45, 2.75) is 19.1 Å². The molecule has 3 rings (SSSR count). The van der Waals surface area contributed by atoms with Crippen LogP contribution < -0.4 is 5.73 Å². The number of rotatable bonds is 3. The Morgan fingerprint density at radius 2 is 1.58 bits per heavy atom. The highest BCUT2D eigenvalue weighted by Gasteiger charge is 2.20. The topological polar surface area (TPSA) is 29.3 Å². The van der Waals surface area contributed by atoms with E-state index in [1.54, 1.807) is 12.1 Å². The molecule has 2 aromatic carbocycles. The van der Waals surface area contributed by atoms with E-state index in [4.69, 9.17) is 5.73 Å². The number of hydrogen-bond acceptors (Lipinski definition) is 2. The van der Waals surface area contributed by atoms with Crippen molar-refractivity contribution < 1.29 is 4.39 Å². The molecule has 2 N–H and O–H groups in total. The van der Waals surface area contributed by atoms with Gasteiger partial charge in [0.25, 0.3) is 0 Å². The van der Waals surface area contributed by atoms with Crippen molar-refractivity contribution in [2.75, 3.05) is 6.54 Å². The van der Waals surface area contributed by atoms with Crippen LogP contribution in [0.25, 0.3) is 0 Å². The zero-order valence-electron chi connectivity index (χ0n) is 10.7. The van der Waals surface area contributed by atoms with Crippen molar-refractivity contribution in [3.05, 3.63) is 71.0 Å². The van der Waals surface area contributed by atoms with Crippen LogP contribution in [0.15, 0.2) is 48.5 Å². The van der Waals surface area contributed by atoms with E-state index in [1.165, 1.54) is 23.3 Å². The molecule has 0 radical (unpaired) electrons. The molecule has 0 saturated heterocycles. The van der Waals surface area contributed by atoms with Crippen molar-refractivity contribution in [3.63, 3.8) is 0 Å². The standard InChI is InChI=1S/C16H17FN2/c17-15-7-5-12(6-8-15)16(18)11-19-9-13-3-1-2-4-14(13)10-19/h1-8,16H,9-11,18H2. The Morgan fingerprint density at radius 1 is 1.00 bits per heavy atom. The molecule has 0 amide bonds. The van der Waals surface area contributed by atoms with Gasteiger partial charge in [0.2, 0.25) is 0 Å². The van der Waals surface area contributed by atoms with Crippen LogP contribution in [0.3, 0.4) is 0 Å². The minimum atomic E-state index is -0.218. The molecule has 1 unspecified atom stereocenters. The highest BCUT2D eigenvalue weighted by Crippen LogP contribution is 2.24. The summed E-state index contributed by atoms with van der Waals surface area (Å²) in [4.78, 5) is 2.33. The molecule has 98 valence electrons. The van der Waals surface area contributed by atoms with Gasteiger partial charge in [0, 0.05) is 25.7 Å². The molecule has 2 aromatic rings. The molecule has 1 atom stereocenters. The van der Waals surface area contributed by atoms with Gasteiger partial charge in [-0.1, -0.05) is 36.4 Å². The number of nitrogens with zero attached hydrogens (tertiary/aromatic N) is 1. The van der Waals surface area contributed by atoms with E-state index in [0.717, 1.165) is 25.2 Å². The Balaban J connectivity index is 1.66. The van der Waals surface area contributed by atoms with Crippen molar-refractivity contribution in [3.8, 4) is 0 Å². The summed E-state index contributed by atoms with van der Waals surface area (Å²) in [6, 6.07) is 14.9. The molecule has 19 heavy (non-hydrogen) atoms. The Morgan fingerprint density at radius 3 is 2.16 bits per heavy atom. The average Bonchev–Trinajstić information content (AvgIpc) is 2.81. The molecular weight excluding hydrogens is 239 g/mol. The molecule has 0 spiro atoms. The van der Waals surface area contributed by atoms with E-state index < -0.39 is 0 Å². The lowest BCUT2D eigenvalue weighted by molar-refractivity contribution is 0.266. The monoisotopic (exact) mass is 256 g/mol. The molecule has 0 saturated carbocycles. The first kappa shape index (κ1) is 12.3. The molecule has 2 nitrogen and oxygen atoms in total. The molecule has 1 heterocycles. The third-order valence-corrected chi connectivity index (χ3v) is 3.66. The molecule has 1 aliphatic rings. The summed E-state index contributed by atoms with van der Waals surface area (Å²) >= 11 is 0. The molecule has 3 heteroatoms. The van der Waals surface area contributed by atoms with Crippen LogP contribution >= 0.6 is 0 Å². The van der Waals surface area contributed by atoms with E-state index >= 15 is 0 Å². The third kappa shape index (κ3) is 2.67. The number of halogens is 1. The maximum atomic E-state index is 12.9. The van der Waals surface area contributed by atoms with Gasteiger partial charge >= 0.3 is 0 Å². The fourth-order valence-electron chi connectivity index (χ4n) is 2.63. The lowest BCUT2D eigenvalue weighted by Crippen LogP contribution is -2.28. The van der Waals surface area contributed by atoms with Crippen molar-refractivity contribution >= 4 is 0 Å². The first-order chi connectivity index (χ1) is 9.22. The van der Waals surface area contributed by atoms with Gasteiger partial charge in [-0.05, 0) is 28.8 Å². The summed E-state index contributed by atoms with van der Waals surface area (Å²) in [5.74, 6) is -0.218. The van der Waals surface area contributed by atoms with E-state index in [-0.39, 0.29) is 11.9 Å². The van der Waals surface area contributed by atoms with Gasteiger partial charge in [-0.3, -0.25) is 4.90 Å². The Kier molecular flexibility index (Phi) is 3.32. The van der Waals surface area contributed by atoms with Gasteiger partial charge in [0.1, 0.15) is 5.82 Å². The summed E-state index contributed by atoms with van der Waals surface area (Å²) in [7, 11) is 0. The smallest absolute Gasteiger partial charge is 0.123 e. The summed E-state index contributed by atoms with van der Waals surface area (Å²) < 4.78 is 12.9. The summed E-state index contributed by atoms with van der Waals surface area (Å²) in [5.41, 5.74) is 9.95. The lowest BCUT2D eigenvalue weighted by atomic mass is 10.1. The summed E-state index contributed by atoms with van der Waals surface area (Å²) in [6.07, 6.45) is 0. The third-order valence-electron chi connectivity index (χ3n) is 3.66. The van der Waals surface area contributed by atoms with E-state index in [2.05, 4.69) is 29.2 Å². The Labute approximate surface area is 112 Å². The van der Waals surface area contributed by atoms with Gasteiger partial charge in [-0.25, -0.2) is 4.39 Å². The minimum absolute atomic E-state index is 0.0742. The predicted octanol–water partition coefficient (Wildman–Crippen LogP) is 2.84. The maximum Gasteiger partial charge on any atom is 0.123 e. The first-order valence-electron chi connectivity index (χ1n) is 6.52. The van der Waals surface area contributed by atoms with Crippen LogP contribution in [0, 0.1) is 5.82 Å². The molecule has 0 bridgehead atoms. The van der Waals surface area contributed by atoms with Gasteiger partial charge in [0.05, 0.1) is 0 Å². The highest BCUT2D eigenvalue weighted by atomic mass is 19.1. The quantitative estimate of drug-likeness (QED) is 0.915. The van der Waals surface area contributed by atoms with Crippen molar-refractivity contribution in [1.82, 2.24) is 4.90 Å². The van der Waals surface area contributed by atoms with Crippen molar-refractivity contribution in [2.24, 2.45) is 5.73 Å². The summed E-state index contributed by atoms with van der Waals surface area (Å²) in [5, 5.41) is 0. The van der Waals surface area contributed by atoms with Gasteiger partial charge < -0.3 is 5.73 Å². The Bertz CT molecular complexity index is 540. The predicted molar refractivity (Wildman–Crippen MR) is 73.9 cm³/mol. The molecule has 1 aliphatic heterocycles. The van der Waals surface area contributed by atoms with Crippen LogP contribution in [-0.4, -0.2) is 11.4 Å². The van der Waals surface area contributed by atoms with Crippen LogP contribution in [0.5, 0.6) is 0 Å². The van der Waals surface area contributed by atoms with E-state index in [1.807, 2.05) is 0 Å². The SMILES string of the molecule is NC(CN1Cc2ccccc2C1)c1ccc(F)cc1. The van der Waals surface area contributed by atoms with Gasteiger partial charge in [0.15, 0.2) is 0 Å². The molecule has 0 fully saturated rings. The highest BCUT2D eigenvalue weighted by molar-refractivity contribution is 5.30. The lowest BCUT2D eigenvalue weighted by Gasteiger charge is -2.20. The van der Waals surface area contributed by atoms with Crippen molar-refractivity contribution in [1.29, 1.82) is 0 Å². The van der Waals surface area contributed by atoms with Crippen LogP contribution in [0.2, 0.25) is 0 Å². The Hall–Kier alpha value is -1.71. The summed E-state index contributed by atoms with van der Waals surface area (Å²) in [6.45, 7) is 2.69. The average molecular weight is 256 g/mol. The largest absolute Gasteiger partial charge is 0.323 e. The first-order valence-corrected chi connectivity index (χ1v) is 6.52. The number of fused-ring (bicyclic) bond motifs is 1. The second kappa shape index (κ2) is 5.11. The zero-order valence-corrected chi connectivity index (χ0v) is 10.7. The molecule has 0 aromatic heterocycles. The second-order valence-corrected chi connectivity index (χ2v) is 5.10. The fourth-order valence-corrected chi connectivity index (χ4v) is 2.63. The second-order valence-electron chi connectivity index (χ2n) is 5.10. The minimum Gasteiger partial charge on any atom is -0.323 e. The molecule has 0 aliphatic carbocycles.